The Morgan fingerprint density at radius 2 is 0.385 bits per heavy atom. The molecule has 0 saturated heterocycles. The molecule has 0 unspecified atom stereocenters. The standard InChI is InChI=1S/3C6H8O7.Ce.3ClH.9Na/c3*7-3(8)1-6(13,5(11)12)2-4(9)10;;;;;;;;;;;;;/h3*13H,1-2H2,(H,7,8)(H,9,10)(H,11,12);;3*1H;;;;;;;;;/q;;;+3;;;;9*+1/p-12. The van der Waals surface area contributed by atoms with Crippen LogP contribution in [0.1, 0.15) is 38.5 Å². The van der Waals surface area contributed by atoms with Crippen LogP contribution < -0.4 is 349 Å². The van der Waals surface area contributed by atoms with E-state index < -0.39 is 109 Å². The number of carbonyl (C=O) groups is 9. The van der Waals surface area contributed by atoms with Crippen molar-refractivity contribution in [2.75, 3.05) is 0 Å². The summed E-state index contributed by atoms with van der Waals surface area (Å²) in [6.07, 6.45) is -8.15. The molecular formula is C18H15CeCl3Na9O21. The van der Waals surface area contributed by atoms with E-state index in [9.17, 15) is 89.1 Å². The molecular weight excluding hydrogens is 1010 g/mol. The van der Waals surface area contributed by atoms with E-state index in [1.807, 2.05) is 0 Å². The van der Waals surface area contributed by atoms with Crippen LogP contribution in [-0.4, -0.2) is 85.8 Å². The van der Waals surface area contributed by atoms with E-state index in [2.05, 4.69) is 0 Å². The van der Waals surface area contributed by atoms with Gasteiger partial charge in [0.15, 0.2) is 0 Å². The van der Waals surface area contributed by atoms with Crippen LogP contribution in [0.3, 0.4) is 0 Å². The quantitative estimate of drug-likeness (QED) is 0.128. The molecule has 0 bridgehead atoms. The first-order valence-electron chi connectivity index (χ1n) is 9.34. The zero-order valence-corrected chi connectivity index (χ0v) is 53.0. The van der Waals surface area contributed by atoms with Crippen LogP contribution in [-0.2, 0) is 43.2 Å². The fourth-order valence-electron chi connectivity index (χ4n) is 2.05. The maximum atomic E-state index is 10.1. The summed E-state index contributed by atoms with van der Waals surface area (Å²) < 4.78 is 0. The van der Waals surface area contributed by atoms with Gasteiger partial charge in [0.25, 0.3) is 0 Å². The summed E-state index contributed by atoms with van der Waals surface area (Å²) in [5.41, 5.74) is -8.92. The Kier molecular flexibility index (Phi) is 114. The number of carbonyl (C=O) groups excluding carboxylic acids is 9. The molecule has 34 heteroatoms. The molecule has 0 heterocycles. The first kappa shape index (κ1) is 107. The van der Waals surface area contributed by atoms with E-state index >= 15 is 0 Å². The molecule has 0 aromatic heterocycles. The minimum absolute atomic E-state index is 0. The number of hydrogen-bond acceptors (Lipinski definition) is 21. The van der Waals surface area contributed by atoms with Crippen LogP contribution in [0, 0.1) is 41.7 Å². The van der Waals surface area contributed by atoms with E-state index in [-0.39, 0.29) is 345 Å². The van der Waals surface area contributed by atoms with Gasteiger partial charge in [-0.2, -0.15) is 0 Å². The van der Waals surface area contributed by atoms with Crippen LogP contribution in [0.15, 0.2) is 0 Å². The van der Waals surface area contributed by atoms with Gasteiger partial charge in [-0.15, -0.1) is 0 Å². The van der Waals surface area contributed by atoms with E-state index in [1.54, 1.807) is 0 Å². The van der Waals surface area contributed by atoms with Crippen molar-refractivity contribution < 1.29 is 449 Å². The molecule has 3 N–H and O–H groups in total. The summed E-state index contributed by atoms with van der Waals surface area (Å²) in [4.78, 5) is 90.0. The van der Waals surface area contributed by atoms with Gasteiger partial charge in [-0.3, -0.25) is 0 Å². The summed E-state index contributed by atoms with van der Waals surface area (Å²) in [5.74, 6) is -18.0. The third-order valence-corrected chi connectivity index (χ3v) is 3.76. The van der Waals surface area contributed by atoms with Crippen molar-refractivity contribution >= 4 is 53.7 Å². The molecule has 0 aliphatic heterocycles. The predicted molar refractivity (Wildman–Crippen MR) is 87.6 cm³/mol. The topological polar surface area (TPSA) is 422 Å². The smallest absolute Gasteiger partial charge is 1.00 e. The number of carboxylic acids is 9. The summed E-state index contributed by atoms with van der Waals surface area (Å²) in [6, 6.07) is 0. The van der Waals surface area contributed by atoms with E-state index in [0.717, 1.165) is 0 Å². The first-order valence-corrected chi connectivity index (χ1v) is 9.34. The monoisotopic (exact) mass is 1020 g/mol. The first-order chi connectivity index (χ1) is 17.3. The Hall–Kier alpha value is 6.36. The summed E-state index contributed by atoms with van der Waals surface area (Å²) in [7, 11) is 0. The Balaban J connectivity index is -0.0000000237. The van der Waals surface area contributed by atoms with Crippen molar-refractivity contribution in [3.63, 3.8) is 0 Å². The average Bonchev–Trinajstić information content (AvgIpc) is 2.64. The second-order valence-electron chi connectivity index (χ2n) is 7.25. The summed E-state index contributed by atoms with van der Waals surface area (Å²) in [6.45, 7) is 0. The molecule has 0 aliphatic rings. The average molecular weight is 1020 g/mol. The third kappa shape index (κ3) is 58.4. The van der Waals surface area contributed by atoms with Crippen molar-refractivity contribution in [2.24, 2.45) is 0 Å². The van der Waals surface area contributed by atoms with Crippen LogP contribution >= 0.6 is 0 Å². The second-order valence-corrected chi connectivity index (χ2v) is 7.25. The summed E-state index contributed by atoms with van der Waals surface area (Å²) >= 11 is 0. The third-order valence-electron chi connectivity index (χ3n) is 3.76. The molecule has 1 radical (unpaired) electrons. The number of aliphatic carboxylic acids is 9. The van der Waals surface area contributed by atoms with Crippen molar-refractivity contribution in [1.82, 2.24) is 0 Å². The zero-order valence-electron chi connectivity index (χ0n) is 29.6. The Bertz CT molecular complexity index is 863. The molecule has 0 fully saturated rings. The van der Waals surface area contributed by atoms with Gasteiger partial charge < -0.3 is 142 Å². The van der Waals surface area contributed by atoms with Gasteiger partial charge in [-0.25, -0.2) is 0 Å². The molecule has 0 rings (SSSR count). The molecule has 247 valence electrons. The number of halogens is 3. The Morgan fingerprint density at radius 3 is 0.423 bits per heavy atom. The number of aliphatic hydroxyl groups is 3. The van der Waals surface area contributed by atoms with Crippen molar-refractivity contribution in [3.05, 3.63) is 0 Å². The van der Waals surface area contributed by atoms with Crippen molar-refractivity contribution in [1.29, 1.82) is 0 Å². The van der Waals surface area contributed by atoms with Gasteiger partial charge in [0.2, 0.25) is 0 Å². The molecule has 0 atom stereocenters. The number of hydrogen-bond donors (Lipinski definition) is 3. The van der Waals surface area contributed by atoms with E-state index in [4.69, 9.17) is 15.3 Å². The Morgan fingerprint density at radius 1 is 0.308 bits per heavy atom. The van der Waals surface area contributed by atoms with Crippen LogP contribution in [0.4, 0.5) is 0 Å². The minimum Gasteiger partial charge on any atom is -1.00 e. The number of rotatable bonds is 15. The van der Waals surface area contributed by atoms with Gasteiger partial charge in [-0.1, -0.05) is 0 Å². The largest absolute Gasteiger partial charge is 3.00 e. The van der Waals surface area contributed by atoms with Crippen LogP contribution in [0.5, 0.6) is 0 Å². The maximum Gasteiger partial charge on any atom is 3.00 e. The van der Waals surface area contributed by atoms with Crippen molar-refractivity contribution in [3.8, 4) is 0 Å². The van der Waals surface area contributed by atoms with Gasteiger partial charge >= 0.3 is 308 Å². The minimum atomic E-state index is -2.97. The molecule has 0 aromatic carbocycles. The van der Waals surface area contributed by atoms with Crippen molar-refractivity contribution in [2.45, 2.75) is 55.3 Å². The van der Waals surface area contributed by atoms with E-state index in [0.29, 0.717) is 0 Å². The molecule has 21 nitrogen and oxygen atoms in total. The maximum absolute atomic E-state index is 10.1. The molecule has 0 spiro atoms. The van der Waals surface area contributed by atoms with Gasteiger partial charge in [-0.05, 0) is 0 Å². The van der Waals surface area contributed by atoms with Crippen LogP contribution in [0.2, 0.25) is 0 Å². The molecule has 0 saturated carbocycles. The Labute approximate surface area is 546 Å². The molecule has 0 aromatic rings. The zero-order chi connectivity index (χ0) is 31.9. The van der Waals surface area contributed by atoms with Gasteiger partial charge in [0, 0.05) is 74.3 Å². The molecule has 0 aliphatic carbocycles. The fourth-order valence-corrected chi connectivity index (χ4v) is 2.05. The van der Waals surface area contributed by atoms with Gasteiger partial charge in [0.1, 0.15) is 16.8 Å². The fraction of sp³-hybridized carbons (Fsp3) is 0.500. The van der Waals surface area contributed by atoms with Crippen LogP contribution in [0.25, 0.3) is 0 Å². The predicted octanol–water partition coefficient (Wildman–Crippen LogP) is -51.7. The second kappa shape index (κ2) is 55.4. The van der Waals surface area contributed by atoms with E-state index in [1.165, 1.54) is 0 Å². The SMILES string of the molecule is O=C([O-])CC(O)(CC(=O)[O-])C(=O)[O-].O=C([O-])CC(O)(CC(=O)[O-])C(=O)[O-].O=C([O-])CC(O)(CC(=O)[O-])C(=O)[O-].[Ce+3].[Cl-].[Cl-].[Cl-].[Na+].[Na+].[Na+].[Na+].[Na+].[Na+].[Na+].[Na+].[Na+]. The normalized spacial score (nSPS) is 8.13. The van der Waals surface area contributed by atoms with Gasteiger partial charge in [0.05, 0.1) is 17.9 Å². The molecule has 52 heavy (non-hydrogen) atoms. The molecule has 0 amide bonds. The number of carboxylic acid groups (broad SMARTS) is 9. The summed E-state index contributed by atoms with van der Waals surface area (Å²) in [5, 5.41) is 117.